The van der Waals surface area contributed by atoms with Gasteiger partial charge < -0.3 is 4.30 Å². The van der Waals surface area contributed by atoms with Gasteiger partial charge in [0.25, 0.3) is 0 Å². The number of para-hydroxylation sites is 1. The molecule has 27 heavy (non-hydrogen) atoms. The molecule has 3 aromatic rings. The van der Waals surface area contributed by atoms with Crippen LogP contribution in [0.3, 0.4) is 0 Å². The van der Waals surface area contributed by atoms with Crippen LogP contribution in [0.5, 0.6) is 0 Å². The molecule has 0 aliphatic carbocycles. The summed E-state index contributed by atoms with van der Waals surface area (Å²) in [5, 5.41) is 1.09. The van der Waals surface area contributed by atoms with Gasteiger partial charge in [-0.15, -0.1) is 0 Å². The van der Waals surface area contributed by atoms with Crippen LogP contribution in [0.25, 0.3) is 0 Å². The van der Waals surface area contributed by atoms with Crippen LogP contribution in [-0.4, -0.2) is 20.6 Å². The van der Waals surface area contributed by atoms with Gasteiger partial charge in [0, 0.05) is 11.9 Å². The Balaban J connectivity index is 1.73. The minimum atomic E-state index is -1.14. The van der Waals surface area contributed by atoms with Crippen LogP contribution >= 0.6 is 0 Å². The first-order valence-corrected chi connectivity index (χ1v) is 12.2. The molecule has 2 nitrogen and oxygen atoms in total. The molecule has 3 aromatic carbocycles. The molecule has 0 spiro atoms. The molecule has 0 aromatic heterocycles. The molecule has 0 unspecified atom stereocenters. The smallest absolute Gasteiger partial charge is 0.412 e. The molecule has 0 amide bonds. The van der Waals surface area contributed by atoms with Crippen LogP contribution in [0.4, 0.5) is 11.4 Å². The summed E-state index contributed by atoms with van der Waals surface area (Å²) >= 11 is -1.14. The fraction of sp³-hybridized carbons (Fsp3) is 0.208. The number of anilines is 1. The Morgan fingerprint density at radius 3 is 2.56 bits per heavy atom. The lowest BCUT2D eigenvalue weighted by molar-refractivity contribution is 1.14. The predicted octanol–water partition coefficient (Wildman–Crippen LogP) is 6.12. The Kier molecular flexibility index (Phi) is 6.87. The lowest BCUT2D eigenvalue weighted by atomic mass is 10.1. The third-order valence-corrected chi connectivity index (χ3v) is 6.66. The molecule has 1 N–H and O–H groups in total. The second-order valence-electron chi connectivity index (χ2n) is 7.04. The van der Waals surface area contributed by atoms with Crippen LogP contribution in [-0.2, 0) is 11.7 Å². The summed E-state index contributed by atoms with van der Waals surface area (Å²) in [6.07, 6.45) is 3.05. The van der Waals surface area contributed by atoms with Gasteiger partial charge in [-0.2, -0.15) is 0 Å². The van der Waals surface area contributed by atoms with Crippen molar-refractivity contribution in [3.05, 3.63) is 95.1 Å². The average Bonchev–Trinajstić information content (AvgIpc) is 2.69. The van der Waals surface area contributed by atoms with Gasteiger partial charge in [-0.1, -0.05) is 72.9 Å². The molecule has 0 saturated heterocycles. The molecule has 0 radical (unpaired) electrons. The van der Waals surface area contributed by atoms with Crippen LogP contribution in [0.2, 0.25) is 5.79 Å². The third kappa shape index (κ3) is 5.57. The maximum atomic E-state index is 4.72. The monoisotopic (exact) mass is 370 g/mol. The Labute approximate surface area is 167 Å². The van der Waals surface area contributed by atoms with Gasteiger partial charge in [-0.25, -0.2) is 0 Å². The number of rotatable bonds is 7. The van der Waals surface area contributed by atoms with Crippen molar-refractivity contribution in [1.82, 2.24) is 0 Å². The zero-order valence-corrected chi connectivity index (χ0v) is 17.6. The van der Waals surface area contributed by atoms with E-state index < -0.39 is 14.4 Å². The Morgan fingerprint density at radius 2 is 1.74 bits per heavy atom. The predicted molar refractivity (Wildman–Crippen MR) is 120 cm³/mol. The molecule has 3 rings (SSSR count). The summed E-state index contributed by atoms with van der Waals surface area (Å²) in [5.74, 6) is 2.37. The van der Waals surface area contributed by atoms with Crippen molar-refractivity contribution in [1.29, 1.82) is 0 Å². The zero-order chi connectivity index (χ0) is 19.1. The molecule has 0 aliphatic rings. The van der Waals surface area contributed by atoms with Gasteiger partial charge in [0.15, 0.2) is 0 Å². The summed E-state index contributed by atoms with van der Waals surface area (Å²) < 4.78 is 3.77. The quantitative estimate of drug-likeness (QED) is 0.393. The van der Waals surface area contributed by atoms with E-state index in [1.807, 2.05) is 6.21 Å². The van der Waals surface area contributed by atoms with Crippen LogP contribution in [0.1, 0.15) is 29.2 Å². The molecule has 0 heterocycles. The average molecular weight is 370 g/mol. The number of benzene rings is 3. The van der Waals surface area contributed by atoms with Gasteiger partial charge in [-0.3, -0.25) is 4.99 Å². The van der Waals surface area contributed by atoms with Crippen molar-refractivity contribution in [3.8, 4) is 0 Å². The number of aliphatic imine (C=N–C) groups is 1. The highest BCUT2D eigenvalue weighted by Crippen LogP contribution is 2.18. The van der Waals surface area contributed by atoms with Crippen molar-refractivity contribution in [2.45, 2.75) is 31.3 Å². The summed E-state index contributed by atoms with van der Waals surface area (Å²) in [7, 11) is 0. The number of hydrogen-bond acceptors (Lipinski definition) is 2. The SMILES string of the molecule is CCc1cccc(N=Cc2ccccc2[CH2][Al]([CH3])[NH]c2ccccc2C)c1. The number of nitrogens with zero attached hydrogens (tertiary/aromatic N) is 1. The number of aryl methyl sites for hydroxylation is 2. The summed E-state index contributed by atoms with van der Waals surface area (Å²) in [6.45, 7) is 4.33. The van der Waals surface area contributed by atoms with Crippen molar-refractivity contribution in [2.24, 2.45) is 4.99 Å². The molecule has 3 heteroatoms. The minimum Gasteiger partial charge on any atom is -0.476 e. The fourth-order valence-electron chi connectivity index (χ4n) is 3.23. The summed E-state index contributed by atoms with van der Waals surface area (Å²) in [6, 6.07) is 25.6. The molecule has 136 valence electrons. The molecule has 0 fully saturated rings. The summed E-state index contributed by atoms with van der Waals surface area (Å²) in [4.78, 5) is 4.72. The van der Waals surface area contributed by atoms with E-state index in [0.717, 1.165) is 17.4 Å². The Bertz CT molecular complexity index is 918. The standard InChI is InChI=1S/C16H16N.C7H8N.CH3.Al/c1-3-14-8-6-10-16(11-14)17-12-15-9-5-4-7-13(15)2;1-6-4-2-3-5-7(6)8;;/h4-12H,2-3H2,1H3;2-5,8H,1H3;1H3;/q;-1;;+1. The third-order valence-electron chi connectivity index (χ3n) is 4.80. The lowest BCUT2D eigenvalue weighted by Crippen LogP contribution is -2.25. The van der Waals surface area contributed by atoms with Gasteiger partial charge in [0.05, 0.1) is 5.69 Å². The molecule has 0 saturated carbocycles. The van der Waals surface area contributed by atoms with Gasteiger partial charge in [0.1, 0.15) is 0 Å². The first kappa shape index (κ1) is 19.4. The zero-order valence-electron chi connectivity index (χ0n) is 16.4. The first-order valence-electron chi connectivity index (χ1n) is 9.69. The largest absolute Gasteiger partial charge is 0.476 e. The van der Waals surface area contributed by atoms with E-state index in [0.29, 0.717) is 0 Å². The van der Waals surface area contributed by atoms with E-state index in [9.17, 15) is 0 Å². The van der Waals surface area contributed by atoms with Crippen LogP contribution in [0, 0.1) is 6.92 Å². The number of nitrogens with one attached hydrogen (secondary N) is 1. The van der Waals surface area contributed by atoms with E-state index in [4.69, 9.17) is 4.99 Å². The lowest BCUT2D eigenvalue weighted by Gasteiger charge is -2.14. The maximum Gasteiger partial charge on any atom is 0.412 e. The molecule has 0 aliphatic heterocycles. The van der Waals surface area contributed by atoms with E-state index in [1.54, 1.807) is 0 Å². The highest BCUT2D eigenvalue weighted by molar-refractivity contribution is 6.60. The van der Waals surface area contributed by atoms with Crippen molar-refractivity contribution >= 4 is 32.0 Å². The highest BCUT2D eigenvalue weighted by Gasteiger charge is 2.15. The van der Waals surface area contributed by atoms with Crippen molar-refractivity contribution in [3.63, 3.8) is 0 Å². The van der Waals surface area contributed by atoms with Gasteiger partial charge in [-0.05, 0) is 53.5 Å². The van der Waals surface area contributed by atoms with Crippen LogP contribution in [0.15, 0.2) is 77.8 Å². The van der Waals surface area contributed by atoms with Gasteiger partial charge in [0.2, 0.25) is 0 Å². The minimum absolute atomic E-state index is 1.02. The second-order valence-corrected chi connectivity index (χ2v) is 9.54. The van der Waals surface area contributed by atoms with E-state index in [1.165, 1.54) is 27.9 Å². The van der Waals surface area contributed by atoms with E-state index >= 15 is 0 Å². The molecule has 0 atom stereocenters. The Hall–Kier alpha value is -2.34. The molecular weight excluding hydrogens is 343 g/mol. The van der Waals surface area contributed by atoms with Crippen LogP contribution < -0.4 is 4.30 Å². The number of hydrogen-bond donors (Lipinski definition) is 1. The highest BCUT2D eigenvalue weighted by atomic mass is 27.2. The van der Waals surface area contributed by atoms with Crippen molar-refractivity contribution in [2.75, 3.05) is 4.30 Å². The topological polar surface area (TPSA) is 24.4 Å². The van der Waals surface area contributed by atoms with E-state index in [2.05, 4.69) is 96.7 Å². The normalized spacial score (nSPS) is 10.9. The molecule has 0 bridgehead atoms. The second kappa shape index (κ2) is 9.56. The van der Waals surface area contributed by atoms with E-state index in [-0.39, 0.29) is 0 Å². The van der Waals surface area contributed by atoms with Gasteiger partial charge >= 0.3 is 14.4 Å². The fourth-order valence-corrected chi connectivity index (χ4v) is 5.22. The maximum absolute atomic E-state index is 4.72. The first-order chi connectivity index (χ1) is 13.2. The summed E-state index contributed by atoms with van der Waals surface area (Å²) in [5.41, 5.74) is 7.49. The Morgan fingerprint density at radius 1 is 0.963 bits per heavy atom. The van der Waals surface area contributed by atoms with Crippen molar-refractivity contribution < 1.29 is 0 Å². The molecular formula is C24H27AlN2.